The molecule has 1 fully saturated rings. The average Bonchev–Trinajstić information content (AvgIpc) is 3.39. The summed E-state index contributed by atoms with van der Waals surface area (Å²) in [4.78, 5) is 39.4. The van der Waals surface area contributed by atoms with E-state index >= 15 is 0 Å². The lowest BCUT2D eigenvalue weighted by atomic mass is 10.1. The van der Waals surface area contributed by atoms with Crippen LogP contribution in [0.4, 0.5) is 10.5 Å². The van der Waals surface area contributed by atoms with E-state index in [-0.39, 0.29) is 18.2 Å². The van der Waals surface area contributed by atoms with Crippen LogP contribution < -0.4 is 21.1 Å². The zero-order valence-electron chi connectivity index (χ0n) is 15.8. The molecule has 29 heavy (non-hydrogen) atoms. The first-order valence-electron chi connectivity index (χ1n) is 8.89. The van der Waals surface area contributed by atoms with E-state index in [9.17, 15) is 14.4 Å². The standard InChI is InChI=1S/C19H22N4O4S2/c1-27-13-6-4-12(5-7-13)21-18(25)15-10-28-11-23(15)17(24)9-14(22-19(20)26)16-3-2-8-29-16/h2-8,14-15H,9-11H2,1H3,(H,21,25)(H3,20,22,26). The summed E-state index contributed by atoms with van der Waals surface area (Å²) in [5.74, 6) is 1.17. The summed E-state index contributed by atoms with van der Waals surface area (Å²) < 4.78 is 5.11. The fourth-order valence-corrected chi connectivity index (χ4v) is 4.94. The molecule has 2 atom stereocenters. The molecule has 2 aromatic rings. The highest BCUT2D eigenvalue weighted by molar-refractivity contribution is 7.99. The van der Waals surface area contributed by atoms with E-state index in [0.717, 1.165) is 4.88 Å². The van der Waals surface area contributed by atoms with Gasteiger partial charge in [-0.15, -0.1) is 23.1 Å². The first-order valence-corrected chi connectivity index (χ1v) is 10.9. The molecule has 1 aliphatic rings. The summed E-state index contributed by atoms with van der Waals surface area (Å²) in [7, 11) is 1.57. The van der Waals surface area contributed by atoms with Gasteiger partial charge in [0.05, 0.1) is 25.4 Å². The lowest BCUT2D eigenvalue weighted by Crippen LogP contribution is -2.46. The molecular weight excluding hydrogens is 412 g/mol. The predicted molar refractivity (Wildman–Crippen MR) is 114 cm³/mol. The summed E-state index contributed by atoms with van der Waals surface area (Å²) in [6, 6.07) is 8.89. The molecule has 0 aliphatic carbocycles. The first-order chi connectivity index (χ1) is 14.0. The van der Waals surface area contributed by atoms with Crippen molar-refractivity contribution >= 4 is 46.6 Å². The molecule has 4 amide bonds. The van der Waals surface area contributed by atoms with Crippen LogP contribution in [-0.2, 0) is 9.59 Å². The molecular formula is C19H22N4O4S2. The van der Waals surface area contributed by atoms with E-state index in [1.165, 1.54) is 23.1 Å². The molecule has 1 aromatic heterocycles. The number of urea groups is 1. The summed E-state index contributed by atoms with van der Waals surface area (Å²) in [5.41, 5.74) is 5.89. The van der Waals surface area contributed by atoms with Crippen LogP contribution in [0.3, 0.4) is 0 Å². The normalized spacial score (nSPS) is 16.9. The van der Waals surface area contributed by atoms with Gasteiger partial charge < -0.3 is 26.0 Å². The minimum Gasteiger partial charge on any atom is -0.497 e. The average molecular weight is 435 g/mol. The van der Waals surface area contributed by atoms with Crippen LogP contribution in [0.25, 0.3) is 0 Å². The number of amides is 4. The van der Waals surface area contributed by atoms with E-state index in [4.69, 9.17) is 10.5 Å². The second kappa shape index (κ2) is 9.66. The highest BCUT2D eigenvalue weighted by Crippen LogP contribution is 2.27. The molecule has 2 unspecified atom stereocenters. The smallest absolute Gasteiger partial charge is 0.312 e. The first kappa shape index (κ1) is 21.0. The predicted octanol–water partition coefficient (Wildman–Crippen LogP) is 2.40. The van der Waals surface area contributed by atoms with Gasteiger partial charge in [-0.25, -0.2) is 4.79 Å². The van der Waals surface area contributed by atoms with Gasteiger partial charge >= 0.3 is 6.03 Å². The van der Waals surface area contributed by atoms with Gasteiger partial charge in [0.1, 0.15) is 11.8 Å². The zero-order valence-corrected chi connectivity index (χ0v) is 17.4. The van der Waals surface area contributed by atoms with E-state index in [2.05, 4.69) is 10.6 Å². The molecule has 4 N–H and O–H groups in total. The maximum Gasteiger partial charge on any atom is 0.312 e. The van der Waals surface area contributed by atoms with Crippen molar-refractivity contribution in [2.24, 2.45) is 5.73 Å². The largest absolute Gasteiger partial charge is 0.497 e. The van der Waals surface area contributed by atoms with Crippen LogP contribution in [0.1, 0.15) is 17.3 Å². The number of rotatable bonds is 7. The number of benzene rings is 1. The van der Waals surface area contributed by atoms with Crippen molar-refractivity contribution < 1.29 is 19.1 Å². The third-order valence-corrected chi connectivity index (χ3v) is 6.44. The third-order valence-electron chi connectivity index (χ3n) is 4.44. The zero-order chi connectivity index (χ0) is 20.8. The fourth-order valence-electron chi connectivity index (χ4n) is 2.98. The number of hydrogen-bond donors (Lipinski definition) is 3. The molecule has 0 spiro atoms. The second-order valence-electron chi connectivity index (χ2n) is 6.38. The quantitative estimate of drug-likeness (QED) is 0.619. The Hall–Kier alpha value is -2.72. The van der Waals surface area contributed by atoms with Crippen molar-refractivity contribution in [1.82, 2.24) is 10.2 Å². The van der Waals surface area contributed by atoms with Gasteiger partial charge in [-0.05, 0) is 35.7 Å². The number of anilines is 1. The minimum atomic E-state index is -0.694. The Morgan fingerprint density at radius 3 is 2.66 bits per heavy atom. The van der Waals surface area contributed by atoms with Crippen LogP contribution in [0, 0.1) is 0 Å². The van der Waals surface area contributed by atoms with Crippen molar-refractivity contribution in [3.8, 4) is 5.75 Å². The van der Waals surface area contributed by atoms with E-state index in [1.54, 1.807) is 36.3 Å². The monoisotopic (exact) mass is 434 g/mol. The number of nitrogens with two attached hydrogens (primary N) is 1. The Labute approximate surface area is 176 Å². The van der Waals surface area contributed by atoms with Crippen LogP contribution in [0.2, 0.25) is 0 Å². The molecule has 3 rings (SSSR count). The molecule has 0 saturated carbocycles. The van der Waals surface area contributed by atoms with Crippen molar-refractivity contribution in [2.45, 2.75) is 18.5 Å². The van der Waals surface area contributed by atoms with Gasteiger partial charge in [0.15, 0.2) is 0 Å². The Kier molecular flexibility index (Phi) is 6.99. The minimum absolute atomic E-state index is 0.0380. The summed E-state index contributed by atoms with van der Waals surface area (Å²) in [5, 5.41) is 7.32. The van der Waals surface area contributed by atoms with Crippen LogP contribution in [0.5, 0.6) is 5.75 Å². The van der Waals surface area contributed by atoms with E-state index in [0.29, 0.717) is 23.1 Å². The molecule has 8 nitrogen and oxygen atoms in total. The van der Waals surface area contributed by atoms with Gasteiger partial charge in [0.2, 0.25) is 11.8 Å². The number of primary amides is 1. The number of thiophene rings is 1. The van der Waals surface area contributed by atoms with Crippen LogP contribution in [0.15, 0.2) is 41.8 Å². The summed E-state index contributed by atoms with van der Waals surface area (Å²) >= 11 is 2.95. The van der Waals surface area contributed by atoms with Crippen LogP contribution >= 0.6 is 23.1 Å². The number of hydrogen-bond acceptors (Lipinski definition) is 6. The van der Waals surface area contributed by atoms with E-state index < -0.39 is 18.1 Å². The Morgan fingerprint density at radius 2 is 2.03 bits per heavy atom. The SMILES string of the molecule is COc1ccc(NC(=O)C2CSCN2C(=O)CC(NC(N)=O)c2cccs2)cc1. The maximum atomic E-state index is 12.9. The highest BCUT2D eigenvalue weighted by atomic mass is 32.2. The number of thioether (sulfide) groups is 1. The second-order valence-corrected chi connectivity index (χ2v) is 8.36. The number of ether oxygens (including phenoxy) is 1. The van der Waals surface area contributed by atoms with Crippen molar-refractivity contribution in [1.29, 1.82) is 0 Å². The van der Waals surface area contributed by atoms with Crippen molar-refractivity contribution in [3.63, 3.8) is 0 Å². The molecule has 1 aromatic carbocycles. The number of carbonyl (C=O) groups excluding carboxylic acids is 3. The van der Waals surface area contributed by atoms with Gasteiger partial charge in [0.25, 0.3) is 0 Å². The van der Waals surface area contributed by atoms with Crippen molar-refractivity contribution in [2.75, 3.05) is 24.1 Å². The molecule has 0 bridgehead atoms. The number of nitrogens with one attached hydrogen (secondary N) is 2. The Balaban J connectivity index is 1.65. The van der Waals surface area contributed by atoms with Gasteiger partial charge in [-0.3, -0.25) is 9.59 Å². The number of carbonyl (C=O) groups is 3. The fraction of sp³-hybridized carbons (Fsp3) is 0.316. The molecule has 10 heteroatoms. The summed E-state index contributed by atoms with van der Waals surface area (Å²) in [6.45, 7) is 0. The Bertz CT molecular complexity index is 858. The summed E-state index contributed by atoms with van der Waals surface area (Å²) in [6.07, 6.45) is 0.0380. The van der Waals surface area contributed by atoms with Gasteiger partial charge in [0, 0.05) is 16.3 Å². The topological polar surface area (TPSA) is 114 Å². The lowest BCUT2D eigenvalue weighted by Gasteiger charge is -2.25. The molecule has 2 heterocycles. The number of methoxy groups -OCH3 is 1. The van der Waals surface area contributed by atoms with Gasteiger partial charge in [-0.2, -0.15) is 0 Å². The maximum absolute atomic E-state index is 12.9. The lowest BCUT2D eigenvalue weighted by molar-refractivity contribution is -0.136. The molecule has 154 valence electrons. The number of nitrogens with zero attached hydrogens (tertiary/aromatic N) is 1. The van der Waals surface area contributed by atoms with Crippen LogP contribution in [-0.4, -0.2) is 47.5 Å². The van der Waals surface area contributed by atoms with E-state index in [1.807, 2.05) is 17.5 Å². The molecule has 0 radical (unpaired) electrons. The molecule has 1 saturated heterocycles. The molecule has 1 aliphatic heterocycles. The highest BCUT2D eigenvalue weighted by Gasteiger charge is 2.35. The van der Waals surface area contributed by atoms with Gasteiger partial charge in [-0.1, -0.05) is 6.07 Å². The third kappa shape index (κ3) is 5.42. The van der Waals surface area contributed by atoms with Crippen molar-refractivity contribution in [3.05, 3.63) is 46.7 Å². The Morgan fingerprint density at radius 1 is 1.28 bits per heavy atom.